The number of rotatable bonds is 6. The number of anilines is 2. The minimum atomic E-state index is -4.54. The topological polar surface area (TPSA) is 68.5 Å². The zero-order chi connectivity index (χ0) is 28.1. The molecule has 40 heavy (non-hydrogen) atoms. The average Bonchev–Trinajstić information content (AvgIpc) is 3.42. The van der Waals surface area contributed by atoms with Crippen LogP contribution in [0.3, 0.4) is 0 Å². The number of alkyl halides is 3. The lowest BCUT2D eigenvalue weighted by molar-refractivity contribution is -0.137. The summed E-state index contributed by atoms with van der Waals surface area (Å²) < 4.78 is 39.0. The van der Waals surface area contributed by atoms with Crippen molar-refractivity contribution in [3.8, 4) is 6.07 Å². The van der Waals surface area contributed by atoms with E-state index in [-0.39, 0.29) is 17.3 Å². The normalized spacial score (nSPS) is 15.3. The molecule has 0 fully saturated rings. The lowest BCUT2D eigenvalue weighted by atomic mass is 9.98. The van der Waals surface area contributed by atoms with Gasteiger partial charge in [-0.25, -0.2) is 0 Å². The molecule has 4 aromatic carbocycles. The van der Waals surface area contributed by atoms with E-state index in [4.69, 9.17) is 5.10 Å². The molecular formula is C32H23F3N4O. The first-order valence-corrected chi connectivity index (χ1v) is 12.5. The number of benzene rings is 4. The first-order valence-electron chi connectivity index (χ1n) is 12.5. The monoisotopic (exact) mass is 536 g/mol. The molecule has 5 rings (SSSR count). The van der Waals surface area contributed by atoms with Crippen LogP contribution in [0.25, 0.3) is 6.08 Å². The van der Waals surface area contributed by atoms with Gasteiger partial charge in [-0.2, -0.15) is 23.5 Å². The minimum Gasteiger partial charge on any atom is -0.321 e. The Bertz CT molecular complexity index is 1610. The van der Waals surface area contributed by atoms with Crippen molar-refractivity contribution in [3.05, 3.63) is 137 Å². The smallest absolute Gasteiger partial charge is 0.321 e. The molecule has 0 spiro atoms. The van der Waals surface area contributed by atoms with E-state index in [0.717, 1.165) is 41.1 Å². The number of nitrogens with one attached hydrogen (secondary N) is 1. The van der Waals surface area contributed by atoms with Gasteiger partial charge in [0.25, 0.3) is 5.91 Å². The Balaban J connectivity index is 1.38. The zero-order valence-electron chi connectivity index (χ0n) is 21.1. The van der Waals surface area contributed by atoms with Gasteiger partial charge in [-0.05, 0) is 53.1 Å². The van der Waals surface area contributed by atoms with E-state index >= 15 is 0 Å². The number of hydrazone groups is 1. The largest absolute Gasteiger partial charge is 0.416 e. The molecule has 1 unspecified atom stereocenters. The van der Waals surface area contributed by atoms with Crippen LogP contribution in [-0.2, 0) is 11.0 Å². The number of carbonyl (C=O) groups excluding carboxylic acids is 1. The summed E-state index contributed by atoms with van der Waals surface area (Å²) in [6, 6.07) is 33.4. The van der Waals surface area contributed by atoms with Crippen molar-refractivity contribution in [2.45, 2.75) is 18.6 Å². The number of amides is 1. The van der Waals surface area contributed by atoms with Crippen LogP contribution in [-0.4, -0.2) is 11.6 Å². The van der Waals surface area contributed by atoms with Crippen LogP contribution in [0.2, 0.25) is 0 Å². The van der Waals surface area contributed by atoms with E-state index < -0.39 is 17.6 Å². The van der Waals surface area contributed by atoms with Crippen LogP contribution >= 0.6 is 0 Å². The van der Waals surface area contributed by atoms with E-state index in [1.54, 1.807) is 12.1 Å². The highest BCUT2D eigenvalue weighted by molar-refractivity contribution is 6.09. The van der Waals surface area contributed by atoms with Gasteiger partial charge in [-0.3, -0.25) is 9.80 Å². The molecule has 1 aliphatic rings. The van der Waals surface area contributed by atoms with Gasteiger partial charge >= 0.3 is 6.18 Å². The van der Waals surface area contributed by atoms with Crippen LogP contribution in [0.15, 0.2) is 120 Å². The summed E-state index contributed by atoms with van der Waals surface area (Å²) in [4.78, 5) is 12.6. The fourth-order valence-electron chi connectivity index (χ4n) is 4.50. The summed E-state index contributed by atoms with van der Waals surface area (Å²) in [5.74, 6) is -0.799. The number of hydrogen-bond donors (Lipinski definition) is 1. The minimum absolute atomic E-state index is 0.00860. The van der Waals surface area contributed by atoms with Crippen molar-refractivity contribution in [2.75, 3.05) is 10.3 Å². The molecule has 198 valence electrons. The second-order valence-electron chi connectivity index (χ2n) is 9.18. The summed E-state index contributed by atoms with van der Waals surface area (Å²) >= 11 is 0. The highest BCUT2D eigenvalue weighted by atomic mass is 19.4. The molecular weight excluding hydrogens is 513 g/mol. The molecule has 1 N–H and O–H groups in total. The van der Waals surface area contributed by atoms with Gasteiger partial charge in [0.1, 0.15) is 11.6 Å². The highest BCUT2D eigenvalue weighted by Gasteiger charge is 2.31. The molecule has 1 aliphatic heterocycles. The summed E-state index contributed by atoms with van der Waals surface area (Å²) in [6.07, 6.45) is -2.43. The molecule has 0 radical (unpaired) electrons. The quantitative estimate of drug-likeness (QED) is 0.204. The zero-order valence-corrected chi connectivity index (χ0v) is 21.1. The molecule has 4 aromatic rings. The van der Waals surface area contributed by atoms with Crippen LogP contribution < -0.4 is 10.3 Å². The molecule has 1 amide bonds. The fourth-order valence-corrected chi connectivity index (χ4v) is 4.50. The van der Waals surface area contributed by atoms with E-state index in [1.807, 2.05) is 71.7 Å². The van der Waals surface area contributed by atoms with Gasteiger partial charge < -0.3 is 5.32 Å². The van der Waals surface area contributed by atoms with Crippen molar-refractivity contribution < 1.29 is 18.0 Å². The number of nitrogens with zero attached hydrogens (tertiary/aromatic N) is 3. The van der Waals surface area contributed by atoms with Crippen LogP contribution in [0.5, 0.6) is 0 Å². The predicted octanol–water partition coefficient (Wildman–Crippen LogP) is 7.61. The van der Waals surface area contributed by atoms with Crippen LogP contribution in [0, 0.1) is 11.3 Å². The number of nitriles is 1. The standard InChI is InChI=1S/C32H23F3N4O/c33-32(34,35)26-12-7-13-27(19-26)37-31(40)25(21-36)18-22-14-16-28(17-15-22)39-30(24-10-5-2-6-11-24)20-29(38-39)23-8-3-1-4-9-23/h1-19,30H,20H2,(H,37,40). The van der Waals surface area contributed by atoms with Crippen molar-refractivity contribution in [1.29, 1.82) is 5.26 Å². The van der Waals surface area contributed by atoms with Crippen LogP contribution in [0.1, 0.15) is 34.7 Å². The van der Waals surface area contributed by atoms with E-state index in [9.17, 15) is 23.2 Å². The highest BCUT2D eigenvalue weighted by Crippen LogP contribution is 2.37. The van der Waals surface area contributed by atoms with Crippen molar-refractivity contribution in [3.63, 3.8) is 0 Å². The van der Waals surface area contributed by atoms with Gasteiger partial charge in [0.15, 0.2) is 0 Å². The molecule has 0 saturated carbocycles. The third-order valence-electron chi connectivity index (χ3n) is 6.48. The number of carbonyl (C=O) groups is 1. The molecule has 0 aliphatic carbocycles. The molecule has 5 nitrogen and oxygen atoms in total. The third kappa shape index (κ3) is 5.94. The summed E-state index contributed by atoms with van der Waals surface area (Å²) in [5, 5.41) is 18.8. The maximum Gasteiger partial charge on any atom is 0.416 e. The second-order valence-corrected chi connectivity index (χ2v) is 9.18. The van der Waals surface area contributed by atoms with E-state index in [2.05, 4.69) is 17.4 Å². The van der Waals surface area contributed by atoms with Gasteiger partial charge in [0.2, 0.25) is 0 Å². The lowest BCUT2D eigenvalue weighted by Crippen LogP contribution is -2.18. The van der Waals surface area contributed by atoms with Gasteiger partial charge in [0.05, 0.1) is 23.0 Å². The Kier molecular flexibility index (Phi) is 7.47. The Morgan fingerprint density at radius 1 is 0.925 bits per heavy atom. The fraction of sp³-hybridized carbons (Fsp3) is 0.0938. The SMILES string of the molecule is N#CC(=Cc1ccc(N2N=C(c3ccccc3)CC2c2ccccc2)cc1)C(=O)Nc1cccc(C(F)(F)F)c1. The average molecular weight is 537 g/mol. The van der Waals surface area contributed by atoms with E-state index in [1.165, 1.54) is 18.2 Å². The molecule has 0 aromatic heterocycles. The van der Waals surface area contributed by atoms with Crippen LogP contribution in [0.4, 0.5) is 24.5 Å². The second kappa shape index (κ2) is 11.3. The van der Waals surface area contributed by atoms with Gasteiger partial charge in [0, 0.05) is 12.1 Å². The van der Waals surface area contributed by atoms with Gasteiger partial charge in [-0.1, -0.05) is 78.9 Å². The Hall–Kier alpha value is -5.16. The molecule has 1 heterocycles. The molecule has 0 saturated heterocycles. The van der Waals surface area contributed by atoms with Crippen molar-refractivity contribution in [2.24, 2.45) is 5.10 Å². The Morgan fingerprint density at radius 2 is 1.60 bits per heavy atom. The summed E-state index contributed by atoms with van der Waals surface area (Å²) in [5.41, 5.74) is 3.39. The maximum absolute atomic E-state index is 13.0. The summed E-state index contributed by atoms with van der Waals surface area (Å²) in [7, 11) is 0. The Morgan fingerprint density at radius 3 is 2.25 bits per heavy atom. The predicted molar refractivity (Wildman–Crippen MR) is 149 cm³/mol. The molecule has 0 bridgehead atoms. The maximum atomic E-state index is 13.0. The van der Waals surface area contributed by atoms with Crippen molar-refractivity contribution >= 4 is 29.1 Å². The molecule has 1 atom stereocenters. The molecule has 8 heteroatoms. The van der Waals surface area contributed by atoms with E-state index in [0.29, 0.717) is 5.56 Å². The summed E-state index contributed by atoms with van der Waals surface area (Å²) in [6.45, 7) is 0. The first kappa shape index (κ1) is 26.4. The lowest BCUT2D eigenvalue weighted by Gasteiger charge is -2.24. The van der Waals surface area contributed by atoms with Crippen molar-refractivity contribution in [1.82, 2.24) is 0 Å². The number of halogens is 3. The Labute approximate surface area is 229 Å². The third-order valence-corrected chi connectivity index (χ3v) is 6.48. The number of hydrogen-bond acceptors (Lipinski definition) is 4. The first-order chi connectivity index (χ1) is 19.3. The van der Waals surface area contributed by atoms with Gasteiger partial charge in [-0.15, -0.1) is 0 Å².